The molecule has 0 saturated heterocycles. The molecule has 0 spiro atoms. The van der Waals surface area contributed by atoms with Crippen molar-refractivity contribution in [2.45, 2.75) is 24.3 Å². The average Bonchev–Trinajstić information content (AvgIpc) is 2.43. The van der Waals surface area contributed by atoms with Crippen LogP contribution in [0.3, 0.4) is 0 Å². The number of nitrogens with zero attached hydrogens (tertiary/aromatic N) is 1. The zero-order chi connectivity index (χ0) is 17.7. The van der Waals surface area contributed by atoms with Gasteiger partial charge in [0.1, 0.15) is 0 Å². The summed E-state index contributed by atoms with van der Waals surface area (Å²) in [6, 6.07) is 9.73. The lowest BCUT2D eigenvalue weighted by molar-refractivity contribution is 0.118. The Balaban J connectivity index is 2.51. The number of rotatable bonds is 9. The molecule has 0 fully saturated rings. The van der Waals surface area contributed by atoms with E-state index in [0.29, 0.717) is 13.1 Å². The Labute approximate surface area is 135 Å². The van der Waals surface area contributed by atoms with E-state index in [4.69, 9.17) is 19.6 Å². The average molecular weight is 367 g/mol. The Morgan fingerprint density at radius 1 is 1.00 bits per heavy atom. The number of aliphatic hydroxyl groups is 1. The third-order valence-electron chi connectivity index (χ3n) is 3.61. The van der Waals surface area contributed by atoms with Crippen LogP contribution < -0.4 is 0 Å². The zero-order valence-electron chi connectivity index (χ0n) is 12.8. The van der Waals surface area contributed by atoms with E-state index in [0.717, 1.165) is 12.0 Å². The summed E-state index contributed by atoms with van der Waals surface area (Å²) in [4.78, 5) is 38.0. The van der Waals surface area contributed by atoms with Crippen molar-refractivity contribution >= 4 is 15.2 Å². The molecular formula is C13H23NO7P2. The van der Waals surface area contributed by atoms with E-state index in [1.54, 1.807) is 7.05 Å². The molecule has 0 unspecified atom stereocenters. The minimum absolute atomic E-state index is 0.0397. The van der Waals surface area contributed by atoms with Gasteiger partial charge in [-0.2, -0.15) is 0 Å². The van der Waals surface area contributed by atoms with Crippen LogP contribution in [0.15, 0.2) is 30.3 Å². The summed E-state index contributed by atoms with van der Waals surface area (Å²) in [6.45, 7) is 1.02. The van der Waals surface area contributed by atoms with Crippen molar-refractivity contribution in [2.75, 3.05) is 20.1 Å². The largest absolute Gasteiger partial charge is 0.369 e. The molecule has 0 aliphatic rings. The highest BCUT2D eigenvalue weighted by Gasteiger charge is 2.58. The lowest BCUT2D eigenvalue weighted by atomic mass is 10.1. The number of likely N-dealkylation sites (N-methyl/N-ethyl adjacent to an activating group) is 1. The molecule has 0 aromatic heterocycles. The van der Waals surface area contributed by atoms with Crippen LogP contribution >= 0.6 is 15.2 Å². The van der Waals surface area contributed by atoms with Gasteiger partial charge >= 0.3 is 15.2 Å². The Kier molecular flexibility index (Phi) is 7.13. The van der Waals surface area contributed by atoms with Gasteiger partial charge in [0.15, 0.2) is 0 Å². The Bertz CT molecular complexity index is 561. The van der Waals surface area contributed by atoms with Crippen LogP contribution in [-0.2, 0) is 15.6 Å². The molecule has 23 heavy (non-hydrogen) atoms. The highest BCUT2D eigenvalue weighted by atomic mass is 31.2. The third-order valence-corrected chi connectivity index (χ3v) is 7.49. The van der Waals surface area contributed by atoms with Gasteiger partial charge < -0.3 is 29.6 Å². The summed E-state index contributed by atoms with van der Waals surface area (Å²) in [6.07, 6.45) is 0.133. The monoisotopic (exact) mass is 367 g/mol. The Hall–Kier alpha value is -0.560. The first-order chi connectivity index (χ1) is 10.5. The van der Waals surface area contributed by atoms with E-state index in [-0.39, 0.29) is 6.42 Å². The summed E-state index contributed by atoms with van der Waals surface area (Å²) in [5, 5.41) is 6.44. The SMILES string of the molecule is CN(CCCC(O)(P(=O)(O)O)P(=O)(O)O)CCc1ccccc1. The fourth-order valence-electron chi connectivity index (χ4n) is 2.12. The fraction of sp³-hybridized carbons (Fsp3) is 0.538. The highest BCUT2D eigenvalue weighted by Crippen LogP contribution is 2.69. The standard InChI is InChI=1S/C13H23NO7P2/c1-14(11-8-12-6-3-2-4-7-12)10-5-9-13(15,22(16,17)18)23(19,20)21/h2-4,6-7,15H,5,8-11H2,1H3,(H2,16,17,18)(H2,19,20,21). The molecule has 0 aliphatic carbocycles. The Morgan fingerprint density at radius 2 is 1.52 bits per heavy atom. The topological polar surface area (TPSA) is 139 Å². The van der Waals surface area contributed by atoms with Crippen molar-refractivity contribution in [3.8, 4) is 0 Å². The second kappa shape index (κ2) is 8.01. The number of hydrogen-bond donors (Lipinski definition) is 5. The molecule has 132 valence electrons. The van der Waals surface area contributed by atoms with Crippen LogP contribution in [0.25, 0.3) is 0 Å². The lowest BCUT2D eigenvalue weighted by Gasteiger charge is -2.29. The molecule has 0 amide bonds. The van der Waals surface area contributed by atoms with E-state index in [2.05, 4.69) is 0 Å². The fourth-order valence-corrected chi connectivity index (χ4v) is 4.38. The molecule has 0 radical (unpaired) electrons. The highest BCUT2D eigenvalue weighted by molar-refractivity contribution is 7.72. The Morgan fingerprint density at radius 3 is 2.00 bits per heavy atom. The quantitative estimate of drug-likeness (QED) is 0.407. The predicted octanol–water partition coefficient (Wildman–Crippen LogP) is 0.943. The first kappa shape index (κ1) is 20.5. The van der Waals surface area contributed by atoms with Crippen LogP contribution in [0.4, 0.5) is 0 Å². The summed E-state index contributed by atoms with van der Waals surface area (Å²) in [5.41, 5.74) is 1.14. The van der Waals surface area contributed by atoms with Gasteiger partial charge in [0.2, 0.25) is 0 Å². The van der Waals surface area contributed by atoms with Crippen molar-refractivity contribution in [1.29, 1.82) is 0 Å². The molecule has 1 aromatic carbocycles. The van der Waals surface area contributed by atoms with Gasteiger partial charge in [0, 0.05) is 13.0 Å². The molecule has 8 nitrogen and oxygen atoms in total. The molecule has 1 rings (SSSR count). The molecule has 1 aromatic rings. The van der Waals surface area contributed by atoms with Crippen molar-refractivity contribution < 1.29 is 33.8 Å². The van der Waals surface area contributed by atoms with Gasteiger partial charge in [-0.1, -0.05) is 30.3 Å². The van der Waals surface area contributed by atoms with Crippen LogP contribution in [0, 0.1) is 0 Å². The molecule has 0 heterocycles. The van der Waals surface area contributed by atoms with Gasteiger partial charge in [-0.05, 0) is 32.0 Å². The van der Waals surface area contributed by atoms with Crippen LogP contribution in [-0.4, -0.2) is 54.8 Å². The second-order valence-corrected chi connectivity index (χ2v) is 9.51. The molecule has 5 N–H and O–H groups in total. The molecule has 10 heteroatoms. The zero-order valence-corrected chi connectivity index (χ0v) is 14.6. The van der Waals surface area contributed by atoms with Crippen LogP contribution in [0.5, 0.6) is 0 Å². The molecule has 0 saturated carbocycles. The maximum atomic E-state index is 11.2. The van der Waals surface area contributed by atoms with Gasteiger partial charge in [-0.25, -0.2) is 0 Å². The third kappa shape index (κ3) is 5.78. The van der Waals surface area contributed by atoms with Crippen molar-refractivity contribution in [1.82, 2.24) is 4.90 Å². The van der Waals surface area contributed by atoms with Crippen LogP contribution in [0.2, 0.25) is 0 Å². The summed E-state index contributed by atoms with van der Waals surface area (Å²) in [5.74, 6) is 0. The number of benzene rings is 1. The summed E-state index contributed by atoms with van der Waals surface area (Å²) < 4.78 is 22.4. The van der Waals surface area contributed by atoms with Crippen molar-refractivity contribution in [3.05, 3.63) is 35.9 Å². The summed E-state index contributed by atoms with van der Waals surface area (Å²) in [7, 11) is -8.93. The molecule has 0 aliphatic heterocycles. The second-order valence-electron chi connectivity index (χ2n) is 5.50. The van der Waals surface area contributed by atoms with Gasteiger partial charge in [0.25, 0.3) is 5.08 Å². The van der Waals surface area contributed by atoms with E-state index >= 15 is 0 Å². The maximum Gasteiger partial charge on any atom is 0.369 e. The van der Waals surface area contributed by atoms with E-state index in [9.17, 15) is 14.2 Å². The first-order valence-electron chi connectivity index (χ1n) is 7.03. The smallest absolute Gasteiger partial charge is 0.368 e. The maximum absolute atomic E-state index is 11.2. The molecular weight excluding hydrogens is 344 g/mol. The lowest BCUT2D eigenvalue weighted by Crippen LogP contribution is -2.31. The minimum Gasteiger partial charge on any atom is -0.368 e. The van der Waals surface area contributed by atoms with Crippen molar-refractivity contribution in [3.63, 3.8) is 0 Å². The minimum atomic E-state index is -5.36. The van der Waals surface area contributed by atoms with E-state index in [1.807, 2.05) is 35.2 Å². The van der Waals surface area contributed by atoms with Crippen molar-refractivity contribution in [2.24, 2.45) is 0 Å². The first-order valence-corrected chi connectivity index (χ1v) is 10.3. The molecule has 0 bridgehead atoms. The molecule has 0 atom stereocenters. The van der Waals surface area contributed by atoms with Gasteiger partial charge in [-0.15, -0.1) is 0 Å². The predicted molar refractivity (Wildman–Crippen MR) is 85.9 cm³/mol. The van der Waals surface area contributed by atoms with Gasteiger partial charge in [-0.3, -0.25) is 9.13 Å². The van der Waals surface area contributed by atoms with Crippen LogP contribution in [0.1, 0.15) is 18.4 Å². The van der Waals surface area contributed by atoms with Gasteiger partial charge in [0.05, 0.1) is 0 Å². The normalized spacial score (nSPS) is 13.5. The van der Waals surface area contributed by atoms with E-state index < -0.39 is 26.7 Å². The summed E-state index contributed by atoms with van der Waals surface area (Å²) >= 11 is 0. The van der Waals surface area contributed by atoms with E-state index in [1.165, 1.54) is 0 Å². The number of hydrogen-bond acceptors (Lipinski definition) is 4.